The van der Waals surface area contributed by atoms with E-state index in [0.717, 1.165) is 11.1 Å². The van der Waals surface area contributed by atoms with E-state index in [4.69, 9.17) is 19.7 Å². The summed E-state index contributed by atoms with van der Waals surface area (Å²) in [6.45, 7) is 0.529. The van der Waals surface area contributed by atoms with Crippen molar-refractivity contribution in [2.24, 2.45) is 0 Å². The Labute approximate surface area is 135 Å². The summed E-state index contributed by atoms with van der Waals surface area (Å²) < 4.78 is 10.9. The number of aliphatic hydroxyl groups is 1. The predicted octanol–water partition coefficient (Wildman–Crippen LogP) is 2.55. The maximum atomic E-state index is 11.0. The highest BCUT2D eigenvalue weighted by molar-refractivity contribution is 5.88. The van der Waals surface area contributed by atoms with Gasteiger partial charge in [-0.3, -0.25) is 0 Å². The number of benzene rings is 2. The molecule has 0 amide bonds. The normalized spacial score (nSPS) is 10.3. The van der Waals surface area contributed by atoms with Crippen molar-refractivity contribution in [1.29, 1.82) is 0 Å². The molecular weight excluding hydrogens is 296 g/mol. The molecule has 0 bridgehead atoms. The number of hydrogen-bond donors (Lipinski definition) is 2. The Morgan fingerprint density at radius 2 is 1.78 bits per heavy atom. The van der Waals surface area contributed by atoms with E-state index in [9.17, 15) is 4.79 Å². The van der Waals surface area contributed by atoms with E-state index in [-0.39, 0.29) is 12.2 Å². The van der Waals surface area contributed by atoms with E-state index in [2.05, 4.69) is 0 Å². The van der Waals surface area contributed by atoms with Crippen LogP contribution in [0.5, 0.6) is 11.5 Å². The largest absolute Gasteiger partial charge is 0.493 e. The van der Waals surface area contributed by atoms with Gasteiger partial charge in [-0.2, -0.15) is 0 Å². The van der Waals surface area contributed by atoms with Crippen molar-refractivity contribution in [2.75, 3.05) is 20.3 Å². The number of aromatic carboxylic acids is 1. The first-order valence-corrected chi connectivity index (χ1v) is 7.37. The minimum absolute atomic E-state index is 0.124. The summed E-state index contributed by atoms with van der Waals surface area (Å²) in [7, 11) is 1.51. The van der Waals surface area contributed by atoms with Gasteiger partial charge in [0, 0.05) is 13.0 Å². The number of ether oxygens (including phenoxy) is 2. The topological polar surface area (TPSA) is 76.0 Å². The molecule has 5 nitrogen and oxygen atoms in total. The Morgan fingerprint density at radius 1 is 1.04 bits per heavy atom. The standard InChI is InChI=1S/C18H20O5/c1-22-16-6-5-15(18(20)21)12-17(16)23-10-8-14-4-2-3-13(11-14)7-9-19/h2-6,11-12,19H,7-10H2,1H3,(H,20,21). The average Bonchev–Trinajstić information content (AvgIpc) is 2.55. The van der Waals surface area contributed by atoms with Gasteiger partial charge in [-0.15, -0.1) is 0 Å². The molecule has 0 heterocycles. The van der Waals surface area contributed by atoms with Gasteiger partial charge in [-0.1, -0.05) is 24.3 Å². The van der Waals surface area contributed by atoms with Crippen molar-refractivity contribution in [2.45, 2.75) is 12.8 Å². The zero-order valence-electron chi connectivity index (χ0n) is 13.0. The summed E-state index contributed by atoms with van der Waals surface area (Å²) in [5, 5.41) is 18.0. The number of rotatable bonds is 8. The molecule has 2 aromatic carbocycles. The summed E-state index contributed by atoms with van der Waals surface area (Å²) >= 11 is 0. The van der Waals surface area contributed by atoms with Crippen molar-refractivity contribution >= 4 is 5.97 Å². The third-order valence-corrected chi connectivity index (χ3v) is 3.45. The van der Waals surface area contributed by atoms with Crippen LogP contribution in [0.4, 0.5) is 0 Å². The Kier molecular flexibility index (Phi) is 6.00. The van der Waals surface area contributed by atoms with Crippen LogP contribution in [0.3, 0.4) is 0 Å². The van der Waals surface area contributed by atoms with Crippen LogP contribution >= 0.6 is 0 Å². The van der Waals surface area contributed by atoms with Crippen molar-refractivity contribution in [3.63, 3.8) is 0 Å². The number of carboxylic acid groups (broad SMARTS) is 1. The lowest BCUT2D eigenvalue weighted by Gasteiger charge is -2.11. The van der Waals surface area contributed by atoms with Crippen LogP contribution in [0.15, 0.2) is 42.5 Å². The molecule has 0 saturated carbocycles. The van der Waals surface area contributed by atoms with Crippen molar-refractivity contribution in [1.82, 2.24) is 0 Å². The third kappa shape index (κ3) is 4.72. The summed E-state index contributed by atoms with van der Waals surface area (Å²) in [6, 6.07) is 12.5. The molecule has 0 spiro atoms. The molecule has 0 radical (unpaired) electrons. The molecule has 23 heavy (non-hydrogen) atoms. The van der Waals surface area contributed by atoms with Gasteiger partial charge in [-0.25, -0.2) is 4.79 Å². The number of aliphatic hydroxyl groups excluding tert-OH is 1. The van der Waals surface area contributed by atoms with Gasteiger partial charge in [0.25, 0.3) is 0 Å². The zero-order chi connectivity index (χ0) is 16.7. The van der Waals surface area contributed by atoms with Crippen LogP contribution in [-0.4, -0.2) is 36.5 Å². The molecule has 5 heteroatoms. The Morgan fingerprint density at radius 3 is 2.43 bits per heavy atom. The Balaban J connectivity index is 2.01. The van der Waals surface area contributed by atoms with E-state index in [0.29, 0.717) is 30.9 Å². The summed E-state index contributed by atoms with van der Waals surface area (Å²) in [4.78, 5) is 11.0. The first-order chi connectivity index (χ1) is 11.1. The molecule has 0 atom stereocenters. The highest BCUT2D eigenvalue weighted by Gasteiger charge is 2.10. The lowest BCUT2D eigenvalue weighted by molar-refractivity contribution is 0.0696. The minimum atomic E-state index is -1.01. The summed E-state index contributed by atoms with van der Waals surface area (Å²) in [5.74, 6) is -0.0860. The van der Waals surface area contributed by atoms with Gasteiger partial charge in [0.1, 0.15) is 0 Å². The fourth-order valence-corrected chi connectivity index (χ4v) is 2.27. The fourth-order valence-electron chi connectivity index (χ4n) is 2.27. The van der Waals surface area contributed by atoms with E-state index in [1.165, 1.54) is 19.2 Å². The van der Waals surface area contributed by atoms with Crippen LogP contribution in [0.1, 0.15) is 21.5 Å². The molecular formula is C18H20O5. The van der Waals surface area contributed by atoms with E-state index in [1.54, 1.807) is 6.07 Å². The molecule has 0 aliphatic carbocycles. The number of carboxylic acids is 1. The lowest BCUT2D eigenvalue weighted by Crippen LogP contribution is -2.05. The Hall–Kier alpha value is -2.53. The van der Waals surface area contributed by atoms with Crippen molar-refractivity contribution in [3.05, 3.63) is 59.2 Å². The molecule has 0 aliphatic rings. The van der Waals surface area contributed by atoms with E-state index < -0.39 is 5.97 Å². The van der Waals surface area contributed by atoms with Crippen LogP contribution < -0.4 is 9.47 Å². The number of methoxy groups -OCH3 is 1. The Bertz CT molecular complexity index is 666. The quantitative estimate of drug-likeness (QED) is 0.783. The number of hydrogen-bond acceptors (Lipinski definition) is 4. The maximum Gasteiger partial charge on any atom is 0.335 e. The maximum absolute atomic E-state index is 11.0. The first kappa shape index (κ1) is 16.8. The van der Waals surface area contributed by atoms with Gasteiger partial charge < -0.3 is 19.7 Å². The molecule has 2 N–H and O–H groups in total. The second kappa shape index (κ2) is 8.19. The molecule has 2 aromatic rings. The van der Waals surface area contributed by atoms with Gasteiger partial charge in [-0.05, 0) is 35.7 Å². The average molecular weight is 316 g/mol. The van der Waals surface area contributed by atoms with Crippen molar-refractivity contribution < 1.29 is 24.5 Å². The molecule has 2 rings (SSSR count). The molecule has 0 saturated heterocycles. The molecule has 0 unspecified atom stereocenters. The van der Waals surface area contributed by atoms with E-state index >= 15 is 0 Å². The molecule has 0 fully saturated rings. The van der Waals surface area contributed by atoms with Gasteiger partial charge >= 0.3 is 5.97 Å². The monoisotopic (exact) mass is 316 g/mol. The second-order valence-corrected chi connectivity index (χ2v) is 5.06. The minimum Gasteiger partial charge on any atom is -0.493 e. The lowest BCUT2D eigenvalue weighted by atomic mass is 10.1. The fraction of sp³-hybridized carbons (Fsp3) is 0.278. The first-order valence-electron chi connectivity index (χ1n) is 7.37. The van der Waals surface area contributed by atoms with Crippen LogP contribution in [0, 0.1) is 0 Å². The SMILES string of the molecule is COc1ccc(C(=O)O)cc1OCCc1cccc(CCO)c1. The van der Waals surface area contributed by atoms with Gasteiger partial charge in [0.15, 0.2) is 11.5 Å². The van der Waals surface area contributed by atoms with E-state index in [1.807, 2.05) is 24.3 Å². The third-order valence-electron chi connectivity index (χ3n) is 3.45. The van der Waals surface area contributed by atoms with Crippen molar-refractivity contribution in [3.8, 4) is 11.5 Å². The van der Waals surface area contributed by atoms with Gasteiger partial charge in [0.05, 0.1) is 19.3 Å². The van der Waals surface area contributed by atoms with Crippen LogP contribution in [-0.2, 0) is 12.8 Å². The number of carbonyl (C=O) groups is 1. The highest BCUT2D eigenvalue weighted by Crippen LogP contribution is 2.28. The zero-order valence-corrected chi connectivity index (χ0v) is 13.0. The predicted molar refractivity (Wildman–Crippen MR) is 86.4 cm³/mol. The highest BCUT2D eigenvalue weighted by atomic mass is 16.5. The summed E-state index contributed by atoms with van der Waals surface area (Å²) in [6.07, 6.45) is 1.31. The van der Waals surface area contributed by atoms with Gasteiger partial charge in [0.2, 0.25) is 0 Å². The van der Waals surface area contributed by atoms with Crippen LogP contribution in [0.2, 0.25) is 0 Å². The molecule has 0 aliphatic heterocycles. The smallest absolute Gasteiger partial charge is 0.335 e. The molecule has 122 valence electrons. The second-order valence-electron chi connectivity index (χ2n) is 5.06. The van der Waals surface area contributed by atoms with Crippen LogP contribution in [0.25, 0.3) is 0 Å². The summed E-state index contributed by atoms with van der Waals surface area (Å²) in [5.41, 5.74) is 2.34. The molecule has 0 aromatic heterocycles.